The van der Waals surface area contributed by atoms with Crippen LogP contribution in [-0.4, -0.2) is 30.0 Å². The summed E-state index contributed by atoms with van der Waals surface area (Å²) in [6.45, 7) is 2.05. The molecule has 0 aliphatic rings. The Balaban J connectivity index is 3.72. The average molecular weight is 247 g/mol. The summed E-state index contributed by atoms with van der Waals surface area (Å²) >= 11 is 1.61. The summed E-state index contributed by atoms with van der Waals surface area (Å²) in [7, 11) is 0. The zero-order valence-electron chi connectivity index (χ0n) is 10.0. The van der Waals surface area contributed by atoms with E-state index < -0.39 is 18.0 Å². The zero-order valence-corrected chi connectivity index (χ0v) is 10.8. The molecule has 0 heterocycles. The maximum absolute atomic E-state index is 11.3. The van der Waals surface area contributed by atoms with Crippen molar-refractivity contribution in [1.82, 2.24) is 0 Å². The summed E-state index contributed by atoms with van der Waals surface area (Å²) in [6, 6.07) is -0.678. The van der Waals surface area contributed by atoms with Crippen LogP contribution in [0.3, 0.4) is 0 Å². The first-order chi connectivity index (χ1) is 7.61. The fourth-order valence-corrected chi connectivity index (χ4v) is 1.61. The van der Waals surface area contributed by atoms with Gasteiger partial charge >= 0.3 is 11.9 Å². The average Bonchev–Trinajstić information content (AvgIpc) is 2.26. The van der Waals surface area contributed by atoms with E-state index in [4.69, 9.17) is 5.73 Å². The Kier molecular flexibility index (Phi) is 9.33. The van der Waals surface area contributed by atoms with Gasteiger partial charge in [-0.25, -0.2) is 4.79 Å². The lowest BCUT2D eigenvalue weighted by atomic mass is 10.2. The molecule has 0 fully saturated rings. The molecular weight excluding hydrogens is 226 g/mol. The highest BCUT2D eigenvalue weighted by molar-refractivity contribution is 7.98. The topological polar surface area (TPSA) is 69.4 Å². The third kappa shape index (κ3) is 7.70. The lowest BCUT2D eigenvalue weighted by Gasteiger charge is -2.09. The number of unbranched alkanes of at least 4 members (excludes halogenated alkanes) is 2. The van der Waals surface area contributed by atoms with Gasteiger partial charge in [-0.2, -0.15) is 11.8 Å². The van der Waals surface area contributed by atoms with Crippen molar-refractivity contribution in [2.24, 2.45) is 5.73 Å². The van der Waals surface area contributed by atoms with Gasteiger partial charge in [0.15, 0.2) is 0 Å². The molecule has 0 amide bonds. The van der Waals surface area contributed by atoms with Gasteiger partial charge in [0.2, 0.25) is 0 Å². The first-order valence-electron chi connectivity index (χ1n) is 5.60. The van der Waals surface area contributed by atoms with Crippen LogP contribution in [0, 0.1) is 0 Å². The molecule has 0 saturated heterocycles. The molecule has 0 aliphatic heterocycles. The molecule has 0 bridgehead atoms. The van der Waals surface area contributed by atoms with Crippen molar-refractivity contribution in [3.05, 3.63) is 0 Å². The van der Waals surface area contributed by atoms with E-state index in [1.165, 1.54) is 0 Å². The molecule has 0 rings (SSSR count). The SMILES string of the molecule is CCCCCC(=O)OC(=O)[C@@H](N)CCSC. The number of rotatable bonds is 8. The van der Waals surface area contributed by atoms with Crippen molar-refractivity contribution < 1.29 is 14.3 Å². The lowest BCUT2D eigenvalue weighted by molar-refractivity contribution is -0.160. The van der Waals surface area contributed by atoms with Crippen molar-refractivity contribution >= 4 is 23.7 Å². The highest BCUT2D eigenvalue weighted by atomic mass is 32.2. The molecule has 0 aliphatic carbocycles. The standard InChI is InChI=1S/C11H21NO3S/c1-3-4-5-6-10(13)15-11(14)9(12)7-8-16-2/h9H,3-8,12H2,1-2H3/t9-/m0/s1. The van der Waals surface area contributed by atoms with E-state index in [9.17, 15) is 9.59 Å². The van der Waals surface area contributed by atoms with Crippen molar-refractivity contribution in [3.63, 3.8) is 0 Å². The van der Waals surface area contributed by atoms with E-state index in [-0.39, 0.29) is 0 Å². The predicted molar refractivity (Wildman–Crippen MR) is 66.2 cm³/mol. The van der Waals surface area contributed by atoms with Gasteiger partial charge in [-0.1, -0.05) is 19.8 Å². The van der Waals surface area contributed by atoms with Crippen LogP contribution in [0.5, 0.6) is 0 Å². The van der Waals surface area contributed by atoms with E-state index >= 15 is 0 Å². The number of hydrogen-bond acceptors (Lipinski definition) is 5. The highest BCUT2D eigenvalue weighted by Crippen LogP contribution is 2.04. The minimum atomic E-state index is -0.678. The summed E-state index contributed by atoms with van der Waals surface area (Å²) in [4.78, 5) is 22.5. The largest absolute Gasteiger partial charge is 0.392 e. The normalized spacial score (nSPS) is 12.2. The van der Waals surface area contributed by atoms with Crippen molar-refractivity contribution in [2.45, 2.75) is 45.1 Å². The van der Waals surface area contributed by atoms with Gasteiger partial charge < -0.3 is 10.5 Å². The molecule has 5 heteroatoms. The van der Waals surface area contributed by atoms with Crippen LogP contribution in [0.15, 0.2) is 0 Å². The Hall–Kier alpha value is -0.550. The van der Waals surface area contributed by atoms with Crippen LogP contribution >= 0.6 is 11.8 Å². The maximum Gasteiger partial charge on any atom is 0.330 e. The molecule has 0 spiro atoms. The first kappa shape index (κ1) is 15.4. The second-order valence-corrected chi connectivity index (χ2v) is 4.62. The van der Waals surface area contributed by atoms with E-state index in [0.29, 0.717) is 12.8 Å². The quantitative estimate of drug-likeness (QED) is 0.402. The van der Waals surface area contributed by atoms with E-state index in [2.05, 4.69) is 11.7 Å². The Morgan fingerprint density at radius 3 is 2.62 bits per heavy atom. The van der Waals surface area contributed by atoms with Gasteiger partial charge in [-0.15, -0.1) is 0 Å². The summed E-state index contributed by atoms with van der Waals surface area (Å²) in [6.07, 6.45) is 5.56. The van der Waals surface area contributed by atoms with Crippen LogP contribution in [0.4, 0.5) is 0 Å². The molecule has 0 aromatic heterocycles. The van der Waals surface area contributed by atoms with Crippen molar-refractivity contribution in [2.75, 3.05) is 12.0 Å². The van der Waals surface area contributed by atoms with Crippen LogP contribution in [0.2, 0.25) is 0 Å². The molecule has 0 aromatic carbocycles. The van der Waals surface area contributed by atoms with Crippen molar-refractivity contribution in [1.29, 1.82) is 0 Å². The van der Waals surface area contributed by atoms with Gasteiger partial charge in [-0.3, -0.25) is 4.79 Å². The molecule has 0 saturated carbocycles. The fraction of sp³-hybridized carbons (Fsp3) is 0.818. The summed E-state index contributed by atoms with van der Waals surface area (Å²) in [5.41, 5.74) is 5.57. The number of hydrogen-bond donors (Lipinski definition) is 1. The third-order valence-corrected chi connectivity index (χ3v) is 2.78. The van der Waals surface area contributed by atoms with Crippen LogP contribution < -0.4 is 5.73 Å². The third-order valence-electron chi connectivity index (χ3n) is 2.13. The highest BCUT2D eigenvalue weighted by Gasteiger charge is 2.17. The lowest BCUT2D eigenvalue weighted by Crippen LogP contribution is -2.34. The summed E-state index contributed by atoms with van der Waals surface area (Å²) < 4.78 is 4.64. The zero-order chi connectivity index (χ0) is 12.4. The Labute approximate surface area is 101 Å². The molecular formula is C11H21NO3S. The molecule has 0 radical (unpaired) electrons. The van der Waals surface area contributed by atoms with Crippen LogP contribution in [0.25, 0.3) is 0 Å². The Morgan fingerprint density at radius 2 is 2.06 bits per heavy atom. The minimum absolute atomic E-state index is 0.300. The second kappa shape index (κ2) is 9.66. The fourth-order valence-electron chi connectivity index (χ4n) is 1.12. The second-order valence-electron chi connectivity index (χ2n) is 3.64. The van der Waals surface area contributed by atoms with Gasteiger partial charge in [0.1, 0.15) is 6.04 Å². The van der Waals surface area contributed by atoms with Gasteiger partial charge in [0.25, 0.3) is 0 Å². The monoisotopic (exact) mass is 247 g/mol. The van der Waals surface area contributed by atoms with Crippen LogP contribution in [-0.2, 0) is 14.3 Å². The molecule has 1 atom stereocenters. The summed E-state index contributed by atoms with van der Waals surface area (Å²) in [5.74, 6) is -0.270. The molecule has 94 valence electrons. The smallest absolute Gasteiger partial charge is 0.330 e. The number of carbonyl (C=O) groups is 2. The number of ether oxygens (including phenoxy) is 1. The first-order valence-corrected chi connectivity index (χ1v) is 7.00. The maximum atomic E-state index is 11.3. The molecule has 4 nitrogen and oxygen atoms in total. The van der Waals surface area contributed by atoms with Crippen molar-refractivity contribution in [3.8, 4) is 0 Å². The van der Waals surface area contributed by atoms with Crippen LogP contribution in [0.1, 0.15) is 39.0 Å². The Morgan fingerprint density at radius 1 is 1.38 bits per heavy atom. The van der Waals surface area contributed by atoms with E-state index in [1.807, 2.05) is 6.26 Å². The van der Waals surface area contributed by atoms with E-state index in [1.54, 1.807) is 11.8 Å². The number of nitrogens with two attached hydrogens (primary N) is 1. The summed E-state index contributed by atoms with van der Waals surface area (Å²) in [5, 5.41) is 0. The predicted octanol–water partition coefficient (Wildman–Crippen LogP) is 1.72. The van der Waals surface area contributed by atoms with E-state index in [0.717, 1.165) is 25.0 Å². The Bertz CT molecular complexity index is 221. The number of esters is 2. The molecule has 16 heavy (non-hydrogen) atoms. The molecule has 0 aromatic rings. The van der Waals surface area contributed by atoms with Gasteiger partial charge in [-0.05, 0) is 24.9 Å². The van der Waals surface area contributed by atoms with Gasteiger partial charge in [0, 0.05) is 6.42 Å². The number of carbonyl (C=O) groups excluding carboxylic acids is 2. The minimum Gasteiger partial charge on any atom is -0.392 e. The van der Waals surface area contributed by atoms with Gasteiger partial charge in [0.05, 0.1) is 0 Å². The number of thioether (sulfide) groups is 1. The molecule has 0 unspecified atom stereocenters. The molecule has 2 N–H and O–H groups in total.